The summed E-state index contributed by atoms with van der Waals surface area (Å²) in [7, 11) is 0. The Bertz CT molecular complexity index is 371. The minimum atomic E-state index is 0.666. The number of hydrogen-bond acceptors (Lipinski definition) is 3. The standard InChI is InChI=1S/C18H31N3/c1-3-4-5-6-7-16(2)20-17-10-14-21(15-11-17)18-8-12-19-13-9-18/h8-9,12-13,16-17,20H,3-7,10-11,14-15H2,1-2H3. The molecule has 1 fully saturated rings. The fourth-order valence-electron chi connectivity index (χ4n) is 3.22. The van der Waals surface area contributed by atoms with Crippen LogP contribution in [0, 0.1) is 0 Å². The van der Waals surface area contributed by atoms with Crippen molar-refractivity contribution in [2.45, 2.75) is 70.9 Å². The van der Waals surface area contributed by atoms with Gasteiger partial charge >= 0.3 is 0 Å². The first kappa shape index (κ1) is 16.3. The van der Waals surface area contributed by atoms with E-state index in [1.165, 1.54) is 50.6 Å². The second-order valence-corrected chi connectivity index (χ2v) is 6.38. The van der Waals surface area contributed by atoms with Gasteiger partial charge in [0.1, 0.15) is 0 Å². The highest BCUT2D eigenvalue weighted by atomic mass is 15.1. The Morgan fingerprint density at radius 1 is 1.19 bits per heavy atom. The Hall–Kier alpha value is -1.09. The lowest BCUT2D eigenvalue weighted by molar-refractivity contribution is 0.360. The average Bonchev–Trinajstić information content (AvgIpc) is 2.53. The first-order valence-corrected chi connectivity index (χ1v) is 8.70. The number of piperidine rings is 1. The van der Waals surface area contributed by atoms with Gasteiger partial charge in [-0.15, -0.1) is 0 Å². The Morgan fingerprint density at radius 2 is 1.90 bits per heavy atom. The third-order valence-electron chi connectivity index (χ3n) is 4.53. The molecule has 1 aromatic rings. The van der Waals surface area contributed by atoms with E-state index < -0.39 is 0 Å². The summed E-state index contributed by atoms with van der Waals surface area (Å²) in [5.74, 6) is 0. The smallest absolute Gasteiger partial charge is 0.0397 e. The fourth-order valence-corrected chi connectivity index (χ4v) is 3.22. The van der Waals surface area contributed by atoms with Gasteiger partial charge in [0.25, 0.3) is 0 Å². The van der Waals surface area contributed by atoms with E-state index in [4.69, 9.17) is 0 Å². The van der Waals surface area contributed by atoms with Gasteiger partial charge in [-0.1, -0.05) is 32.6 Å². The van der Waals surface area contributed by atoms with Crippen molar-refractivity contribution in [3.8, 4) is 0 Å². The minimum Gasteiger partial charge on any atom is -0.371 e. The van der Waals surface area contributed by atoms with Gasteiger partial charge in [-0.05, 0) is 38.3 Å². The van der Waals surface area contributed by atoms with Gasteiger partial charge < -0.3 is 10.2 Å². The van der Waals surface area contributed by atoms with Gasteiger partial charge in [-0.2, -0.15) is 0 Å². The highest BCUT2D eigenvalue weighted by molar-refractivity contribution is 5.44. The molecule has 21 heavy (non-hydrogen) atoms. The number of pyridine rings is 1. The molecule has 1 atom stereocenters. The second kappa shape index (κ2) is 9.04. The van der Waals surface area contributed by atoms with Crippen molar-refractivity contribution in [3.63, 3.8) is 0 Å². The zero-order chi connectivity index (χ0) is 14.9. The highest BCUT2D eigenvalue weighted by Gasteiger charge is 2.20. The molecule has 1 aliphatic heterocycles. The molecule has 0 radical (unpaired) electrons. The van der Waals surface area contributed by atoms with E-state index in [1.807, 2.05) is 12.4 Å². The molecule has 1 unspecified atom stereocenters. The van der Waals surface area contributed by atoms with Crippen molar-refractivity contribution in [2.24, 2.45) is 0 Å². The number of aromatic nitrogens is 1. The molecule has 3 nitrogen and oxygen atoms in total. The maximum absolute atomic E-state index is 4.10. The van der Waals surface area contributed by atoms with E-state index in [-0.39, 0.29) is 0 Å². The molecule has 1 N–H and O–H groups in total. The van der Waals surface area contributed by atoms with Crippen molar-refractivity contribution < 1.29 is 0 Å². The molecule has 118 valence electrons. The van der Waals surface area contributed by atoms with Crippen LogP contribution in [0.25, 0.3) is 0 Å². The molecule has 2 rings (SSSR count). The minimum absolute atomic E-state index is 0.666. The highest BCUT2D eigenvalue weighted by Crippen LogP contribution is 2.19. The molecular weight excluding hydrogens is 258 g/mol. The zero-order valence-electron chi connectivity index (χ0n) is 13.7. The number of nitrogens with one attached hydrogen (secondary N) is 1. The van der Waals surface area contributed by atoms with Gasteiger partial charge in [0.05, 0.1) is 0 Å². The maximum Gasteiger partial charge on any atom is 0.0397 e. The number of rotatable bonds is 8. The van der Waals surface area contributed by atoms with Crippen LogP contribution < -0.4 is 10.2 Å². The molecule has 0 aliphatic carbocycles. The van der Waals surface area contributed by atoms with Crippen LogP contribution in [-0.4, -0.2) is 30.2 Å². The summed E-state index contributed by atoms with van der Waals surface area (Å²) in [6.45, 7) is 6.94. The average molecular weight is 289 g/mol. The Labute approximate surface area is 130 Å². The van der Waals surface area contributed by atoms with Gasteiger partial charge in [-0.3, -0.25) is 4.98 Å². The molecule has 0 bridgehead atoms. The molecule has 1 saturated heterocycles. The van der Waals surface area contributed by atoms with Crippen LogP contribution in [-0.2, 0) is 0 Å². The predicted octanol–water partition coefficient (Wildman–Crippen LogP) is 4.00. The molecule has 1 aliphatic rings. The van der Waals surface area contributed by atoms with Crippen LogP contribution in [0.1, 0.15) is 58.8 Å². The molecule has 2 heterocycles. The Balaban J connectivity index is 1.65. The fraction of sp³-hybridized carbons (Fsp3) is 0.722. The lowest BCUT2D eigenvalue weighted by atomic mass is 10.0. The Morgan fingerprint density at radius 3 is 2.57 bits per heavy atom. The summed E-state index contributed by atoms with van der Waals surface area (Å²) in [5, 5.41) is 3.83. The molecule has 0 aromatic carbocycles. The van der Waals surface area contributed by atoms with E-state index >= 15 is 0 Å². The van der Waals surface area contributed by atoms with Gasteiger partial charge in [-0.25, -0.2) is 0 Å². The number of hydrogen-bond donors (Lipinski definition) is 1. The van der Waals surface area contributed by atoms with Crippen LogP contribution in [0.3, 0.4) is 0 Å². The van der Waals surface area contributed by atoms with Gasteiger partial charge in [0, 0.05) is 43.3 Å². The van der Waals surface area contributed by atoms with Crippen LogP contribution >= 0.6 is 0 Å². The molecule has 0 spiro atoms. The van der Waals surface area contributed by atoms with Crippen LogP contribution in [0.4, 0.5) is 5.69 Å². The van der Waals surface area contributed by atoms with Gasteiger partial charge in [0.2, 0.25) is 0 Å². The Kier molecular flexibility index (Phi) is 7.01. The summed E-state index contributed by atoms with van der Waals surface area (Å²) in [6, 6.07) is 5.59. The number of anilines is 1. The molecule has 3 heteroatoms. The van der Waals surface area contributed by atoms with Crippen LogP contribution in [0.15, 0.2) is 24.5 Å². The molecular formula is C18H31N3. The van der Waals surface area contributed by atoms with E-state index in [2.05, 4.69) is 41.2 Å². The molecule has 1 aromatic heterocycles. The summed E-state index contributed by atoms with van der Waals surface area (Å²) in [6.07, 6.45) is 13.1. The summed E-state index contributed by atoms with van der Waals surface area (Å²) < 4.78 is 0. The van der Waals surface area contributed by atoms with E-state index in [1.54, 1.807) is 0 Å². The number of nitrogens with zero attached hydrogens (tertiary/aromatic N) is 2. The SMILES string of the molecule is CCCCCCC(C)NC1CCN(c2ccncc2)CC1. The largest absolute Gasteiger partial charge is 0.371 e. The predicted molar refractivity (Wildman–Crippen MR) is 90.8 cm³/mol. The topological polar surface area (TPSA) is 28.2 Å². The van der Waals surface area contributed by atoms with Crippen molar-refractivity contribution >= 4 is 5.69 Å². The third-order valence-corrected chi connectivity index (χ3v) is 4.53. The normalized spacial score (nSPS) is 17.9. The maximum atomic E-state index is 4.10. The first-order chi connectivity index (χ1) is 10.3. The van der Waals surface area contributed by atoms with Crippen molar-refractivity contribution in [3.05, 3.63) is 24.5 Å². The molecule has 0 amide bonds. The second-order valence-electron chi connectivity index (χ2n) is 6.38. The van der Waals surface area contributed by atoms with E-state index in [0.29, 0.717) is 12.1 Å². The van der Waals surface area contributed by atoms with Crippen molar-refractivity contribution in [1.29, 1.82) is 0 Å². The van der Waals surface area contributed by atoms with Crippen LogP contribution in [0.5, 0.6) is 0 Å². The lowest BCUT2D eigenvalue weighted by Gasteiger charge is -2.35. The summed E-state index contributed by atoms with van der Waals surface area (Å²) >= 11 is 0. The van der Waals surface area contributed by atoms with Crippen molar-refractivity contribution in [2.75, 3.05) is 18.0 Å². The number of unbranched alkanes of at least 4 members (excludes halogenated alkanes) is 3. The van der Waals surface area contributed by atoms with Gasteiger partial charge in [0.15, 0.2) is 0 Å². The van der Waals surface area contributed by atoms with Crippen molar-refractivity contribution in [1.82, 2.24) is 10.3 Å². The third kappa shape index (κ3) is 5.66. The van der Waals surface area contributed by atoms with E-state index in [0.717, 1.165) is 13.1 Å². The first-order valence-electron chi connectivity index (χ1n) is 8.70. The van der Waals surface area contributed by atoms with Crippen LogP contribution in [0.2, 0.25) is 0 Å². The zero-order valence-corrected chi connectivity index (χ0v) is 13.7. The monoisotopic (exact) mass is 289 g/mol. The molecule has 0 saturated carbocycles. The summed E-state index contributed by atoms with van der Waals surface area (Å²) in [4.78, 5) is 6.58. The lowest BCUT2D eigenvalue weighted by Crippen LogP contribution is -2.45. The quantitative estimate of drug-likeness (QED) is 0.733. The van der Waals surface area contributed by atoms with E-state index in [9.17, 15) is 0 Å². The summed E-state index contributed by atoms with van der Waals surface area (Å²) in [5.41, 5.74) is 1.32.